The second-order valence-corrected chi connectivity index (χ2v) is 7.01. The first-order chi connectivity index (χ1) is 13.3. The van der Waals surface area contributed by atoms with E-state index in [0.717, 1.165) is 4.68 Å². The van der Waals surface area contributed by atoms with Crippen molar-refractivity contribution in [3.8, 4) is 5.69 Å². The van der Waals surface area contributed by atoms with E-state index in [4.69, 9.17) is 11.6 Å². The van der Waals surface area contributed by atoms with Gasteiger partial charge >= 0.3 is 0 Å². The molecule has 142 valence electrons. The first-order valence-electron chi connectivity index (χ1n) is 8.42. The number of hydrogen-bond donors (Lipinski definition) is 0. The van der Waals surface area contributed by atoms with Gasteiger partial charge in [0.15, 0.2) is 18.1 Å². The van der Waals surface area contributed by atoms with Crippen molar-refractivity contribution in [2.24, 2.45) is 7.05 Å². The molecule has 28 heavy (non-hydrogen) atoms. The molecule has 0 aliphatic carbocycles. The average molecular weight is 398 g/mol. The zero-order valence-electron chi connectivity index (χ0n) is 15.4. The maximum atomic E-state index is 13.3. The van der Waals surface area contributed by atoms with Crippen molar-refractivity contribution in [1.29, 1.82) is 0 Å². The summed E-state index contributed by atoms with van der Waals surface area (Å²) < 4.78 is 3.41. The molecular weight excluding hydrogens is 382 g/mol. The minimum absolute atomic E-state index is 0.131. The van der Waals surface area contributed by atoms with E-state index in [-0.39, 0.29) is 11.6 Å². The van der Waals surface area contributed by atoms with E-state index in [2.05, 4.69) is 5.10 Å². The zero-order chi connectivity index (χ0) is 20.2. The SMILES string of the molecule is CN(C)C(=O)c1nn(-c2cc[n+]([O-])cc2)c(=O)c2c1c1cccc(Cl)c1n2C. The van der Waals surface area contributed by atoms with Crippen LogP contribution < -0.4 is 10.3 Å². The highest BCUT2D eigenvalue weighted by atomic mass is 35.5. The van der Waals surface area contributed by atoms with Crippen LogP contribution in [0.25, 0.3) is 27.5 Å². The van der Waals surface area contributed by atoms with E-state index in [9.17, 15) is 14.8 Å². The van der Waals surface area contributed by atoms with Gasteiger partial charge in [0.05, 0.1) is 16.2 Å². The van der Waals surface area contributed by atoms with Crippen LogP contribution in [0.1, 0.15) is 10.5 Å². The highest BCUT2D eigenvalue weighted by Crippen LogP contribution is 2.33. The number of hydrogen-bond acceptors (Lipinski definition) is 4. The van der Waals surface area contributed by atoms with Crippen LogP contribution in [0.3, 0.4) is 0 Å². The molecule has 9 heteroatoms. The fraction of sp³-hybridized carbons (Fsp3) is 0.158. The van der Waals surface area contributed by atoms with Crippen LogP contribution in [0.15, 0.2) is 47.5 Å². The minimum atomic E-state index is -0.413. The van der Waals surface area contributed by atoms with Crippen molar-refractivity contribution in [2.45, 2.75) is 0 Å². The third-order valence-electron chi connectivity index (χ3n) is 4.63. The van der Waals surface area contributed by atoms with Crippen molar-refractivity contribution in [3.63, 3.8) is 0 Å². The number of carbonyl (C=O) groups excluding carboxylic acids is 1. The van der Waals surface area contributed by atoms with E-state index in [0.29, 0.717) is 37.2 Å². The molecule has 0 fully saturated rings. The van der Waals surface area contributed by atoms with Gasteiger partial charge in [-0.2, -0.15) is 14.5 Å². The molecule has 0 N–H and O–H groups in total. The molecule has 1 aromatic carbocycles. The molecule has 0 saturated carbocycles. The molecule has 0 aliphatic heterocycles. The smallest absolute Gasteiger partial charge is 0.296 e. The van der Waals surface area contributed by atoms with Gasteiger partial charge in [0.1, 0.15) is 5.52 Å². The summed E-state index contributed by atoms with van der Waals surface area (Å²) in [4.78, 5) is 27.6. The molecule has 1 amide bonds. The van der Waals surface area contributed by atoms with Gasteiger partial charge in [-0.15, -0.1) is 0 Å². The largest absolute Gasteiger partial charge is 0.619 e. The van der Waals surface area contributed by atoms with Crippen LogP contribution in [-0.4, -0.2) is 39.3 Å². The first-order valence-corrected chi connectivity index (χ1v) is 8.80. The lowest BCUT2D eigenvalue weighted by atomic mass is 10.1. The maximum Gasteiger partial charge on any atom is 0.296 e. The van der Waals surface area contributed by atoms with Gasteiger partial charge in [0.25, 0.3) is 11.5 Å². The maximum absolute atomic E-state index is 13.3. The molecule has 0 unspecified atom stereocenters. The molecule has 0 spiro atoms. The third-order valence-corrected chi connectivity index (χ3v) is 4.94. The molecule has 4 rings (SSSR count). The lowest BCUT2D eigenvalue weighted by molar-refractivity contribution is -0.605. The number of rotatable bonds is 2. The van der Waals surface area contributed by atoms with E-state index in [1.165, 1.54) is 29.4 Å². The Labute approximate surface area is 164 Å². The lowest BCUT2D eigenvalue weighted by Crippen LogP contribution is -2.31. The fourth-order valence-electron chi connectivity index (χ4n) is 3.33. The Bertz CT molecular complexity index is 1310. The summed E-state index contributed by atoms with van der Waals surface area (Å²) in [5.41, 5.74) is 1.05. The van der Waals surface area contributed by atoms with Crippen LogP contribution in [0.4, 0.5) is 0 Å². The number of nitrogens with zero attached hydrogens (tertiary/aromatic N) is 5. The highest BCUT2D eigenvalue weighted by molar-refractivity contribution is 6.36. The van der Waals surface area contributed by atoms with Crippen LogP contribution in [0.5, 0.6) is 0 Å². The highest BCUT2D eigenvalue weighted by Gasteiger charge is 2.25. The van der Waals surface area contributed by atoms with Crippen molar-refractivity contribution < 1.29 is 9.52 Å². The number of fused-ring (bicyclic) bond motifs is 3. The Morgan fingerprint density at radius 1 is 1.18 bits per heavy atom. The number of carbonyl (C=O) groups is 1. The molecule has 0 aliphatic rings. The Morgan fingerprint density at radius 3 is 2.50 bits per heavy atom. The summed E-state index contributed by atoms with van der Waals surface area (Å²) in [6.45, 7) is 0. The second-order valence-electron chi connectivity index (χ2n) is 6.60. The summed E-state index contributed by atoms with van der Waals surface area (Å²) in [5.74, 6) is -0.346. The molecule has 3 aromatic heterocycles. The molecule has 0 bridgehead atoms. The lowest BCUT2D eigenvalue weighted by Gasteiger charge is -2.13. The van der Waals surface area contributed by atoms with Crippen LogP contribution >= 0.6 is 11.6 Å². The molecule has 8 nitrogen and oxygen atoms in total. The topological polar surface area (TPSA) is 87.1 Å². The van der Waals surface area contributed by atoms with E-state index in [1.54, 1.807) is 37.8 Å². The zero-order valence-corrected chi connectivity index (χ0v) is 16.1. The monoisotopic (exact) mass is 397 g/mol. The summed E-state index contributed by atoms with van der Waals surface area (Å²) >= 11 is 6.37. The van der Waals surface area contributed by atoms with Crippen LogP contribution in [0.2, 0.25) is 5.02 Å². The van der Waals surface area contributed by atoms with E-state index >= 15 is 0 Å². The molecule has 0 saturated heterocycles. The van der Waals surface area contributed by atoms with Crippen molar-refractivity contribution >= 4 is 39.3 Å². The number of aromatic nitrogens is 4. The Kier molecular flexibility index (Phi) is 4.08. The van der Waals surface area contributed by atoms with Gasteiger partial charge in [0.2, 0.25) is 0 Å². The molecule has 0 radical (unpaired) electrons. The number of benzene rings is 1. The standard InChI is InChI=1S/C19H16ClN5O3/c1-22(2)18(26)15-14-12-5-4-6-13(20)16(12)23(3)17(14)19(27)25(21-15)11-7-9-24(28)10-8-11/h4-10H,1-3H3. The van der Waals surface area contributed by atoms with Crippen molar-refractivity contribution in [3.05, 3.63) is 69.0 Å². The Morgan fingerprint density at radius 2 is 1.86 bits per heavy atom. The van der Waals surface area contributed by atoms with Gasteiger partial charge in [-0.25, -0.2) is 0 Å². The van der Waals surface area contributed by atoms with Crippen LogP contribution in [-0.2, 0) is 7.05 Å². The van der Waals surface area contributed by atoms with Gasteiger partial charge in [-0.3, -0.25) is 9.59 Å². The predicted molar refractivity (Wildman–Crippen MR) is 106 cm³/mol. The number of amides is 1. The number of aryl methyl sites for hydroxylation is 1. The number of pyridine rings is 1. The van der Waals surface area contributed by atoms with Gasteiger partial charge < -0.3 is 14.7 Å². The van der Waals surface area contributed by atoms with Gasteiger partial charge in [-0.05, 0) is 6.07 Å². The summed E-state index contributed by atoms with van der Waals surface area (Å²) in [6, 6.07) is 8.24. The molecule has 3 heterocycles. The first kappa shape index (κ1) is 18.0. The third kappa shape index (κ3) is 2.53. The Hall–Kier alpha value is -3.39. The second kappa shape index (κ2) is 6.35. The summed E-state index contributed by atoms with van der Waals surface area (Å²) in [5, 5.41) is 17.3. The molecular formula is C19H16ClN5O3. The van der Waals surface area contributed by atoms with Crippen LogP contribution in [0, 0.1) is 5.21 Å². The van der Waals surface area contributed by atoms with E-state index < -0.39 is 5.56 Å². The quantitative estimate of drug-likeness (QED) is 0.381. The van der Waals surface area contributed by atoms with Gasteiger partial charge in [0, 0.05) is 44.0 Å². The number of para-hydroxylation sites is 1. The molecule has 4 aromatic rings. The number of halogens is 1. The normalized spacial score (nSPS) is 11.3. The van der Waals surface area contributed by atoms with Crippen molar-refractivity contribution in [1.82, 2.24) is 19.2 Å². The fourth-order valence-corrected chi connectivity index (χ4v) is 3.63. The van der Waals surface area contributed by atoms with Crippen molar-refractivity contribution in [2.75, 3.05) is 14.1 Å². The molecule has 0 atom stereocenters. The Balaban J connectivity index is 2.22. The minimum Gasteiger partial charge on any atom is -0.619 e. The summed E-state index contributed by atoms with van der Waals surface area (Å²) in [7, 11) is 4.96. The summed E-state index contributed by atoms with van der Waals surface area (Å²) in [6.07, 6.45) is 2.53. The van der Waals surface area contributed by atoms with E-state index in [1.807, 2.05) is 6.07 Å². The van der Waals surface area contributed by atoms with Gasteiger partial charge in [-0.1, -0.05) is 23.7 Å². The average Bonchev–Trinajstić information content (AvgIpc) is 2.97. The predicted octanol–water partition coefficient (Wildman–Crippen LogP) is 1.87.